The largest absolute Gasteiger partial charge is 0.494 e. The SMILES string of the molecule is C=CC(=O)Nc1cc(Nc2ncc(C(=O)OC(C)C)c(N3CC(C)(C)c4ccccc43)n2)c(OC)cc1N(C)CCN(C)C. The third-order valence-corrected chi connectivity index (χ3v) is 7.37. The molecule has 0 fully saturated rings. The number of carbonyl (C=O) groups is 2. The zero-order valence-electron chi connectivity index (χ0n) is 26.9. The molecule has 0 saturated carbocycles. The Balaban J connectivity index is 1.79. The smallest absolute Gasteiger partial charge is 0.343 e. The van der Waals surface area contributed by atoms with Gasteiger partial charge < -0.3 is 34.8 Å². The minimum Gasteiger partial charge on any atom is -0.494 e. The van der Waals surface area contributed by atoms with Gasteiger partial charge in [0.1, 0.15) is 11.3 Å². The van der Waals surface area contributed by atoms with Crippen LogP contribution in [0.2, 0.25) is 0 Å². The molecule has 0 spiro atoms. The third kappa shape index (κ3) is 7.11. The maximum atomic E-state index is 13.2. The van der Waals surface area contributed by atoms with Crippen LogP contribution in [0.3, 0.4) is 0 Å². The number of rotatable bonds is 12. The van der Waals surface area contributed by atoms with E-state index in [0.29, 0.717) is 36.0 Å². The first-order chi connectivity index (χ1) is 20.8. The predicted octanol–water partition coefficient (Wildman–Crippen LogP) is 5.35. The Hall–Kier alpha value is -4.64. The van der Waals surface area contributed by atoms with Crippen molar-refractivity contribution < 1.29 is 19.1 Å². The average molecular weight is 602 g/mol. The normalized spacial score (nSPS) is 13.5. The number of amides is 1. The topological polar surface area (TPSA) is 112 Å². The first kappa shape index (κ1) is 32.3. The summed E-state index contributed by atoms with van der Waals surface area (Å²) >= 11 is 0. The number of nitrogens with one attached hydrogen (secondary N) is 2. The van der Waals surface area contributed by atoms with Crippen LogP contribution in [-0.4, -0.2) is 80.7 Å². The molecule has 44 heavy (non-hydrogen) atoms. The standard InChI is InChI=1S/C33H43N7O4/c1-10-29(41)35-24-17-25(28(43-9)18-27(24)39(8)16-15-38(6)7)36-32-34-19-22(31(42)44-21(2)3)30(37-32)40-20-33(4,5)23-13-11-12-14-26(23)40/h10-14,17-19,21H,1,15-16,20H2,2-9H3,(H,35,41)(H,34,36,37). The van der Waals surface area contributed by atoms with Gasteiger partial charge in [0.2, 0.25) is 11.9 Å². The Labute approximate surface area is 259 Å². The van der Waals surface area contributed by atoms with Gasteiger partial charge >= 0.3 is 5.97 Å². The molecule has 2 aromatic carbocycles. The summed E-state index contributed by atoms with van der Waals surface area (Å²) in [6.07, 6.45) is 2.40. The van der Waals surface area contributed by atoms with Crippen molar-refractivity contribution in [2.24, 2.45) is 0 Å². The molecule has 3 aromatic rings. The molecule has 1 aliphatic rings. The van der Waals surface area contributed by atoms with Crippen molar-refractivity contribution in [1.82, 2.24) is 14.9 Å². The fraction of sp³-hybridized carbons (Fsp3) is 0.394. The van der Waals surface area contributed by atoms with Crippen molar-refractivity contribution in [3.05, 3.63) is 66.4 Å². The Morgan fingerprint density at radius 3 is 2.52 bits per heavy atom. The number of hydrogen-bond acceptors (Lipinski definition) is 10. The quantitative estimate of drug-likeness (QED) is 0.208. The van der Waals surface area contributed by atoms with Gasteiger partial charge in [-0.3, -0.25) is 4.79 Å². The molecule has 0 radical (unpaired) electrons. The molecule has 234 valence electrons. The zero-order chi connectivity index (χ0) is 32.2. The Bertz CT molecular complexity index is 1540. The highest BCUT2D eigenvalue weighted by molar-refractivity contribution is 6.02. The summed E-state index contributed by atoms with van der Waals surface area (Å²) in [5.41, 5.74) is 4.08. The van der Waals surface area contributed by atoms with Crippen LogP contribution in [0.4, 0.5) is 34.5 Å². The van der Waals surface area contributed by atoms with Crippen molar-refractivity contribution in [2.75, 3.05) is 68.3 Å². The highest BCUT2D eigenvalue weighted by atomic mass is 16.5. The number of aromatic nitrogens is 2. The number of fused-ring (bicyclic) bond motifs is 1. The van der Waals surface area contributed by atoms with Gasteiger partial charge in [-0.25, -0.2) is 9.78 Å². The molecule has 2 N–H and O–H groups in total. The lowest BCUT2D eigenvalue weighted by Crippen LogP contribution is -2.29. The van der Waals surface area contributed by atoms with E-state index >= 15 is 0 Å². The van der Waals surface area contributed by atoms with Crippen LogP contribution in [0.5, 0.6) is 5.75 Å². The number of benzene rings is 2. The van der Waals surface area contributed by atoms with Gasteiger partial charge in [-0.05, 0) is 51.7 Å². The van der Waals surface area contributed by atoms with Gasteiger partial charge in [0.15, 0.2) is 5.82 Å². The van der Waals surface area contributed by atoms with Crippen molar-refractivity contribution in [3.8, 4) is 5.75 Å². The van der Waals surface area contributed by atoms with Crippen molar-refractivity contribution in [1.29, 1.82) is 0 Å². The van der Waals surface area contributed by atoms with Gasteiger partial charge in [0, 0.05) is 50.0 Å². The number of nitrogens with zero attached hydrogens (tertiary/aromatic N) is 5. The number of para-hydroxylation sites is 1. The first-order valence-electron chi connectivity index (χ1n) is 14.6. The molecule has 11 heteroatoms. The fourth-order valence-corrected chi connectivity index (χ4v) is 5.12. The van der Waals surface area contributed by atoms with Gasteiger partial charge in [-0.2, -0.15) is 4.98 Å². The molecule has 1 aromatic heterocycles. The molecule has 0 saturated heterocycles. The summed E-state index contributed by atoms with van der Waals surface area (Å²) in [7, 11) is 7.54. The lowest BCUT2D eigenvalue weighted by Gasteiger charge is -2.26. The Morgan fingerprint density at radius 2 is 1.86 bits per heavy atom. The molecule has 1 aliphatic heterocycles. The van der Waals surface area contributed by atoms with E-state index in [2.05, 4.69) is 47.0 Å². The number of esters is 1. The van der Waals surface area contributed by atoms with Crippen molar-refractivity contribution >= 4 is 46.4 Å². The predicted molar refractivity (Wildman–Crippen MR) is 176 cm³/mol. The van der Waals surface area contributed by atoms with Crippen LogP contribution in [-0.2, 0) is 14.9 Å². The number of hydrogen-bond donors (Lipinski definition) is 2. The summed E-state index contributed by atoms with van der Waals surface area (Å²) in [6.45, 7) is 13.7. The van der Waals surface area contributed by atoms with Crippen LogP contribution in [0.15, 0.2) is 55.3 Å². The van der Waals surface area contributed by atoms with Gasteiger partial charge in [-0.15, -0.1) is 0 Å². The van der Waals surface area contributed by atoms with Crippen LogP contribution < -0.4 is 25.2 Å². The number of methoxy groups -OCH3 is 1. The lowest BCUT2D eigenvalue weighted by molar-refractivity contribution is -0.111. The van der Waals surface area contributed by atoms with E-state index in [9.17, 15) is 9.59 Å². The van der Waals surface area contributed by atoms with Crippen LogP contribution in [0.1, 0.15) is 43.6 Å². The van der Waals surface area contributed by atoms with Gasteiger partial charge in [0.05, 0.1) is 30.3 Å². The third-order valence-electron chi connectivity index (χ3n) is 7.37. The molecule has 11 nitrogen and oxygen atoms in total. The second kappa shape index (κ2) is 13.3. The molecule has 1 amide bonds. The molecule has 4 rings (SSSR count). The molecular weight excluding hydrogens is 558 g/mol. The Kier molecular flexibility index (Phi) is 9.78. The monoisotopic (exact) mass is 601 g/mol. The minimum atomic E-state index is -0.499. The van der Waals surface area contributed by atoms with Crippen LogP contribution in [0.25, 0.3) is 0 Å². The molecule has 2 heterocycles. The highest BCUT2D eigenvalue weighted by Gasteiger charge is 2.38. The molecular formula is C33H43N7O4. The van der Waals surface area contributed by atoms with E-state index in [1.807, 2.05) is 55.2 Å². The minimum absolute atomic E-state index is 0.176. The molecule has 0 unspecified atom stereocenters. The number of likely N-dealkylation sites (N-methyl/N-ethyl adjacent to an activating group) is 2. The second-order valence-electron chi connectivity index (χ2n) is 12.0. The zero-order valence-corrected chi connectivity index (χ0v) is 26.9. The molecule has 0 aliphatic carbocycles. The summed E-state index contributed by atoms with van der Waals surface area (Å²) < 4.78 is 11.3. The number of ether oxygens (including phenoxy) is 2. The molecule has 0 atom stereocenters. The van der Waals surface area contributed by atoms with Crippen LogP contribution in [0, 0.1) is 0 Å². The number of carbonyl (C=O) groups excluding carboxylic acids is 2. The number of anilines is 6. The summed E-state index contributed by atoms with van der Waals surface area (Å²) in [5.74, 6) is 0.363. The van der Waals surface area contributed by atoms with E-state index in [4.69, 9.17) is 14.5 Å². The lowest BCUT2D eigenvalue weighted by atomic mass is 9.87. The van der Waals surface area contributed by atoms with Crippen LogP contribution >= 0.6 is 0 Å². The highest BCUT2D eigenvalue weighted by Crippen LogP contribution is 2.45. The maximum absolute atomic E-state index is 13.2. The van der Waals surface area contributed by atoms with E-state index in [0.717, 1.165) is 23.5 Å². The van der Waals surface area contributed by atoms with Crippen molar-refractivity contribution in [2.45, 2.75) is 39.2 Å². The van der Waals surface area contributed by atoms with E-state index in [-0.39, 0.29) is 28.9 Å². The molecule has 0 bridgehead atoms. The first-order valence-corrected chi connectivity index (χ1v) is 14.6. The van der Waals surface area contributed by atoms with Gasteiger partial charge in [0.25, 0.3) is 0 Å². The second-order valence-corrected chi connectivity index (χ2v) is 12.0. The van der Waals surface area contributed by atoms with E-state index < -0.39 is 5.97 Å². The van der Waals surface area contributed by atoms with E-state index in [1.165, 1.54) is 12.3 Å². The fourth-order valence-electron chi connectivity index (χ4n) is 5.12. The summed E-state index contributed by atoms with van der Waals surface area (Å²) in [5, 5.41) is 6.16. The Morgan fingerprint density at radius 1 is 1.14 bits per heavy atom. The average Bonchev–Trinajstić information content (AvgIpc) is 3.26. The maximum Gasteiger partial charge on any atom is 0.343 e. The summed E-state index contributed by atoms with van der Waals surface area (Å²) in [6, 6.07) is 11.7. The van der Waals surface area contributed by atoms with Gasteiger partial charge in [-0.1, -0.05) is 38.6 Å². The van der Waals surface area contributed by atoms with E-state index in [1.54, 1.807) is 27.0 Å². The summed E-state index contributed by atoms with van der Waals surface area (Å²) in [4.78, 5) is 41.1. The van der Waals surface area contributed by atoms with Crippen molar-refractivity contribution in [3.63, 3.8) is 0 Å².